The lowest BCUT2D eigenvalue weighted by atomic mass is 9.95. The summed E-state index contributed by atoms with van der Waals surface area (Å²) >= 11 is 6.10. The topological polar surface area (TPSA) is 92.4 Å². The Morgan fingerprint density at radius 2 is 2.00 bits per heavy atom. The molecule has 0 aliphatic rings. The van der Waals surface area contributed by atoms with Crippen LogP contribution in [0.4, 0.5) is 4.39 Å². The lowest BCUT2D eigenvalue weighted by Crippen LogP contribution is -2.34. The standard InChI is InChI=1S/C20H22ClFN2O3/c1-3-16(24-11(2)9-17(23)26)14-7-8-15(21)18(19(14)22)20(27)12-5-4-6-13(25)10-12/h4-8,10-11,16,24-25H,3,9H2,1-2H3,(H2,23,26)/t11-,16-/m1/s1. The van der Waals surface area contributed by atoms with E-state index in [1.54, 1.807) is 6.92 Å². The van der Waals surface area contributed by atoms with E-state index in [1.165, 1.54) is 36.4 Å². The third kappa shape index (κ3) is 5.05. The fourth-order valence-electron chi connectivity index (χ4n) is 2.97. The average Bonchev–Trinajstić information content (AvgIpc) is 2.59. The van der Waals surface area contributed by atoms with Crippen molar-refractivity contribution in [1.29, 1.82) is 0 Å². The Morgan fingerprint density at radius 1 is 1.30 bits per heavy atom. The summed E-state index contributed by atoms with van der Waals surface area (Å²) < 4.78 is 15.2. The minimum Gasteiger partial charge on any atom is -0.508 e. The predicted octanol–water partition coefficient (Wildman–Crippen LogP) is 3.72. The second kappa shape index (κ2) is 8.97. The second-order valence-electron chi connectivity index (χ2n) is 6.40. The molecule has 0 aliphatic heterocycles. The van der Waals surface area contributed by atoms with Gasteiger partial charge in [0.15, 0.2) is 5.78 Å². The van der Waals surface area contributed by atoms with Crippen molar-refractivity contribution >= 4 is 23.3 Å². The summed E-state index contributed by atoms with van der Waals surface area (Å²) in [6.07, 6.45) is 0.641. The van der Waals surface area contributed by atoms with Crippen LogP contribution in [0.1, 0.15) is 54.2 Å². The van der Waals surface area contributed by atoms with Crippen LogP contribution in [0, 0.1) is 5.82 Å². The fourth-order valence-corrected chi connectivity index (χ4v) is 3.20. The Bertz CT molecular complexity index is 857. The molecular weight excluding hydrogens is 371 g/mol. The number of halogens is 2. The van der Waals surface area contributed by atoms with E-state index in [0.717, 1.165) is 0 Å². The monoisotopic (exact) mass is 392 g/mol. The van der Waals surface area contributed by atoms with Crippen molar-refractivity contribution in [3.63, 3.8) is 0 Å². The summed E-state index contributed by atoms with van der Waals surface area (Å²) in [5.41, 5.74) is 5.37. The molecular formula is C20H22ClFN2O3. The molecule has 0 heterocycles. The molecule has 0 radical (unpaired) electrons. The molecule has 144 valence electrons. The van der Waals surface area contributed by atoms with Gasteiger partial charge in [-0.05, 0) is 31.5 Å². The quantitative estimate of drug-likeness (QED) is 0.597. The molecule has 1 amide bonds. The number of nitrogens with one attached hydrogen (secondary N) is 1. The van der Waals surface area contributed by atoms with Crippen molar-refractivity contribution in [3.8, 4) is 5.75 Å². The molecule has 0 fully saturated rings. The van der Waals surface area contributed by atoms with Gasteiger partial charge in [-0.15, -0.1) is 0 Å². The van der Waals surface area contributed by atoms with Gasteiger partial charge in [0.1, 0.15) is 11.6 Å². The summed E-state index contributed by atoms with van der Waals surface area (Å²) in [7, 11) is 0. The van der Waals surface area contributed by atoms with Crippen LogP contribution in [0.25, 0.3) is 0 Å². The summed E-state index contributed by atoms with van der Waals surface area (Å²) in [6, 6.07) is 7.97. The normalized spacial score (nSPS) is 13.2. The number of hydrogen-bond acceptors (Lipinski definition) is 4. The van der Waals surface area contributed by atoms with Crippen LogP contribution in [0.3, 0.4) is 0 Å². The molecule has 0 unspecified atom stereocenters. The van der Waals surface area contributed by atoms with Crippen LogP contribution >= 0.6 is 11.6 Å². The number of benzene rings is 2. The minimum atomic E-state index is -0.721. The number of phenols is 1. The molecule has 0 saturated heterocycles. The minimum absolute atomic E-state index is 0.00960. The van der Waals surface area contributed by atoms with E-state index in [-0.39, 0.29) is 39.9 Å². The highest BCUT2D eigenvalue weighted by Crippen LogP contribution is 2.30. The van der Waals surface area contributed by atoms with E-state index < -0.39 is 23.5 Å². The van der Waals surface area contributed by atoms with E-state index in [0.29, 0.717) is 6.42 Å². The Balaban J connectivity index is 2.41. The van der Waals surface area contributed by atoms with E-state index in [2.05, 4.69) is 5.32 Å². The molecule has 27 heavy (non-hydrogen) atoms. The van der Waals surface area contributed by atoms with Gasteiger partial charge in [0.05, 0.1) is 10.6 Å². The van der Waals surface area contributed by atoms with Gasteiger partial charge in [-0.2, -0.15) is 0 Å². The number of phenolic OH excluding ortho intramolecular Hbond substituents is 1. The smallest absolute Gasteiger partial charge is 0.218 e. The third-order valence-electron chi connectivity index (χ3n) is 4.23. The Kier molecular flexibility index (Phi) is 6.93. The van der Waals surface area contributed by atoms with Gasteiger partial charge in [-0.3, -0.25) is 9.59 Å². The third-order valence-corrected chi connectivity index (χ3v) is 4.55. The number of aromatic hydroxyl groups is 1. The van der Waals surface area contributed by atoms with E-state index in [4.69, 9.17) is 17.3 Å². The maximum Gasteiger partial charge on any atom is 0.218 e. The molecule has 2 aromatic carbocycles. The Hall–Kier alpha value is -2.44. The van der Waals surface area contributed by atoms with Gasteiger partial charge in [0.25, 0.3) is 0 Å². The zero-order chi connectivity index (χ0) is 20.1. The van der Waals surface area contributed by atoms with E-state index >= 15 is 4.39 Å². The molecule has 0 spiro atoms. The highest BCUT2D eigenvalue weighted by Gasteiger charge is 2.25. The molecule has 4 N–H and O–H groups in total. The second-order valence-corrected chi connectivity index (χ2v) is 6.81. The van der Waals surface area contributed by atoms with Crippen LogP contribution in [-0.4, -0.2) is 22.8 Å². The maximum atomic E-state index is 15.2. The van der Waals surface area contributed by atoms with Gasteiger partial charge >= 0.3 is 0 Å². The molecule has 2 atom stereocenters. The van der Waals surface area contributed by atoms with Crippen LogP contribution < -0.4 is 11.1 Å². The zero-order valence-corrected chi connectivity index (χ0v) is 15.9. The molecule has 0 bridgehead atoms. The number of carbonyl (C=O) groups excluding carboxylic acids is 2. The van der Waals surface area contributed by atoms with Crippen molar-refractivity contribution < 1.29 is 19.1 Å². The predicted molar refractivity (Wildman–Crippen MR) is 102 cm³/mol. The number of carbonyl (C=O) groups is 2. The van der Waals surface area contributed by atoms with Crippen LogP contribution in [0.15, 0.2) is 36.4 Å². The number of nitrogens with two attached hydrogens (primary N) is 1. The molecule has 2 aromatic rings. The van der Waals surface area contributed by atoms with Crippen molar-refractivity contribution in [3.05, 3.63) is 63.9 Å². The zero-order valence-electron chi connectivity index (χ0n) is 15.1. The highest BCUT2D eigenvalue weighted by atomic mass is 35.5. The van der Waals surface area contributed by atoms with Crippen LogP contribution in [0.5, 0.6) is 5.75 Å². The van der Waals surface area contributed by atoms with Crippen LogP contribution in [-0.2, 0) is 4.79 Å². The highest BCUT2D eigenvalue weighted by molar-refractivity contribution is 6.35. The first-order valence-corrected chi connectivity index (χ1v) is 8.98. The summed E-state index contributed by atoms with van der Waals surface area (Å²) in [5, 5.41) is 12.7. The van der Waals surface area contributed by atoms with Crippen molar-refractivity contribution in [1.82, 2.24) is 5.32 Å². The number of amides is 1. The van der Waals surface area contributed by atoms with Crippen LogP contribution in [0.2, 0.25) is 5.02 Å². The molecule has 5 nitrogen and oxygen atoms in total. The lowest BCUT2D eigenvalue weighted by molar-refractivity contribution is -0.118. The van der Waals surface area contributed by atoms with Gasteiger partial charge in [-0.25, -0.2) is 4.39 Å². The molecule has 0 saturated carbocycles. The summed E-state index contributed by atoms with van der Waals surface area (Å²) in [4.78, 5) is 23.8. The van der Waals surface area contributed by atoms with Crippen molar-refractivity contribution in [2.75, 3.05) is 0 Å². The number of hydrogen-bond donors (Lipinski definition) is 3. The van der Waals surface area contributed by atoms with Gasteiger partial charge in [-0.1, -0.05) is 36.7 Å². The number of primary amides is 1. The molecule has 0 aliphatic carbocycles. The van der Waals surface area contributed by atoms with E-state index in [9.17, 15) is 14.7 Å². The SMILES string of the molecule is CC[C@@H](N[C@H](C)CC(N)=O)c1ccc(Cl)c(C(=O)c2cccc(O)c2)c1F. The molecule has 0 aromatic heterocycles. The molecule has 2 rings (SSSR count). The van der Waals surface area contributed by atoms with Gasteiger partial charge < -0.3 is 16.2 Å². The average molecular weight is 393 g/mol. The maximum absolute atomic E-state index is 15.2. The first-order valence-electron chi connectivity index (χ1n) is 8.60. The molecule has 7 heteroatoms. The van der Waals surface area contributed by atoms with Crippen molar-refractivity contribution in [2.45, 2.75) is 38.8 Å². The van der Waals surface area contributed by atoms with Gasteiger partial charge in [0.2, 0.25) is 5.91 Å². The largest absolute Gasteiger partial charge is 0.508 e. The summed E-state index contributed by atoms with van der Waals surface area (Å²) in [6.45, 7) is 3.64. The van der Waals surface area contributed by atoms with Crippen molar-refractivity contribution in [2.24, 2.45) is 5.73 Å². The van der Waals surface area contributed by atoms with Gasteiger partial charge in [0, 0.05) is 29.6 Å². The first kappa shape index (κ1) is 20.9. The number of rotatable bonds is 8. The van der Waals surface area contributed by atoms with E-state index in [1.807, 2.05) is 6.92 Å². The Labute approximate surface area is 162 Å². The lowest BCUT2D eigenvalue weighted by Gasteiger charge is -2.23. The first-order chi connectivity index (χ1) is 12.7. The number of ketones is 1. The summed E-state index contributed by atoms with van der Waals surface area (Å²) in [5.74, 6) is -1.89. The Morgan fingerprint density at radius 3 is 2.59 bits per heavy atom. The fraction of sp³-hybridized carbons (Fsp3) is 0.300.